The highest BCUT2D eigenvalue weighted by atomic mass is 16.4. The molecular weight excluding hydrogens is 252 g/mol. The van der Waals surface area contributed by atoms with Crippen molar-refractivity contribution in [3.05, 3.63) is 47.3 Å². The van der Waals surface area contributed by atoms with Crippen molar-refractivity contribution in [1.29, 1.82) is 0 Å². The number of aromatic nitrogens is 2. The topological polar surface area (TPSA) is 53.6 Å². The Balaban J connectivity index is 1.94. The highest BCUT2D eigenvalue weighted by Gasteiger charge is 2.22. The number of hydrogen-bond donors (Lipinski definition) is 1. The van der Waals surface area contributed by atoms with Crippen LogP contribution in [0.5, 0.6) is 0 Å². The lowest BCUT2D eigenvalue weighted by molar-refractivity contribution is 0.317. The van der Waals surface area contributed by atoms with Gasteiger partial charge in [0.15, 0.2) is 0 Å². The van der Waals surface area contributed by atoms with Gasteiger partial charge in [0.1, 0.15) is 0 Å². The zero-order valence-corrected chi connectivity index (χ0v) is 11.7. The second-order valence-corrected chi connectivity index (χ2v) is 5.14. The van der Waals surface area contributed by atoms with Crippen LogP contribution in [0.1, 0.15) is 23.4 Å². The predicted octanol–water partition coefficient (Wildman–Crippen LogP) is 2.32. The summed E-state index contributed by atoms with van der Waals surface area (Å²) in [7, 11) is 1.97. The summed E-state index contributed by atoms with van der Waals surface area (Å²) in [6.07, 6.45) is 0.754. The first-order valence-electron chi connectivity index (χ1n) is 6.74. The molecule has 0 spiro atoms. The standard InChI is InChI=1S/C15H18N4O/c1-11-9-12(18(2)16-11)10-19-8-7-14(17-20)13-5-3-4-6-15(13)19/h3-6,9,20H,7-8,10H2,1-2H3. The number of rotatable bonds is 2. The molecule has 5 heteroatoms. The highest BCUT2D eigenvalue weighted by molar-refractivity contribution is 6.06. The Kier molecular flexibility index (Phi) is 3.18. The molecule has 1 aliphatic rings. The van der Waals surface area contributed by atoms with Crippen LogP contribution in [0, 0.1) is 6.92 Å². The van der Waals surface area contributed by atoms with Gasteiger partial charge >= 0.3 is 0 Å². The number of para-hydroxylation sites is 1. The lowest BCUT2D eigenvalue weighted by Crippen LogP contribution is -2.32. The van der Waals surface area contributed by atoms with Crippen molar-refractivity contribution >= 4 is 11.4 Å². The molecule has 20 heavy (non-hydrogen) atoms. The van der Waals surface area contributed by atoms with E-state index in [-0.39, 0.29) is 0 Å². The highest BCUT2D eigenvalue weighted by Crippen LogP contribution is 2.28. The molecule has 3 rings (SSSR count). The molecule has 1 aliphatic heterocycles. The Morgan fingerprint density at radius 2 is 2.15 bits per heavy atom. The number of benzene rings is 1. The molecule has 1 aromatic heterocycles. The Morgan fingerprint density at radius 1 is 1.35 bits per heavy atom. The van der Waals surface area contributed by atoms with Crippen molar-refractivity contribution in [2.24, 2.45) is 12.2 Å². The van der Waals surface area contributed by atoms with Crippen LogP contribution in [0.15, 0.2) is 35.5 Å². The van der Waals surface area contributed by atoms with Gasteiger partial charge in [-0.2, -0.15) is 5.10 Å². The van der Waals surface area contributed by atoms with Crippen LogP contribution in [-0.4, -0.2) is 27.2 Å². The Morgan fingerprint density at radius 3 is 2.85 bits per heavy atom. The summed E-state index contributed by atoms with van der Waals surface area (Å²) < 4.78 is 1.92. The lowest BCUT2D eigenvalue weighted by Gasteiger charge is -2.31. The van der Waals surface area contributed by atoms with Crippen LogP contribution in [0.4, 0.5) is 5.69 Å². The largest absolute Gasteiger partial charge is 0.411 e. The molecule has 0 fully saturated rings. The van der Waals surface area contributed by atoms with Gasteiger partial charge < -0.3 is 10.1 Å². The van der Waals surface area contributed by atoms with Gasteiger partial charge in [-0.05, 0) is 19.1 Å². The van der Waals surface area contributed by atoms with Crippen molar-refractivity contribution in [1.82, 2.24) is 9.78 Å². The number of nitrogens with zero attached hydrogens (tertiary/aromatic N) is 4. The van der Waals surface area contributed by atoms with Crippen LogP contribution >= 0.6 is 0 Å². The lowest BCUT2D eigenvalue weighted by atomic mass is 9.99. The molecule has 0 aliphatic carbocycles. The number of oxime groups is 1. The van der Waals surface area contributed by atoms with Crippen LogP contribution < -0.4 is 4.90 Å². The van der Waals surface area contributed by atoms with Crippen molar-refractivity contribution in [2.75, 3.05) is 11.4 Å². The molecule has 0 saturated heterocycles. The summed E-state index contributed by atoms with van der Waals surface area (Å²) in [6, 6.07) is 10.2. The minimum absolute atomic E-state index is 0.754. The van der Waals surface area contributed by atoms with E-state index in [1.165, 1.54) is 5.69 Å². The van der Waals surface area contributed by atoms with Crippen LogP contribution in [0.2, 0.25) is 0 Å². The van der Waals surface area contributed by atoms with Crippen LogP contribution in [0.25, 0.3) is 0 Å². The number of aryl methyl sites for hydroxylation is 2. The Hall–Kier alpha value is -2.30. The summed E-state index contributed by atoms with van der Waals surface area (Å²) in [5.41, 5.74) is 5.11. The van der Waals surface area contributed by atoms with Crippen molar-refractivity contribution in [3.8, 4) is 0 Å². The fraction of sp³-hybridized carbons (Fsp3) is 0.333. The molecule has 0 atom stereocenters. The minimum atomic E-state index is 0.754. The van der Waals surface area contributed by atoms with Crippen LogP contribution in [-0.2, 0) is 13.6 Å². The first-order valence-corrected chi connectivity index (χ1v) is 6.74. The van der Waals surface area contributed by atoms with E-state index in [4.69, 9.17) is 5.21 Å². The molecule has 2 aromatic rings. The third-order valence-corrected chi connectivity index (χ3v) is 3.75. The monoisotopic (exact) mass is 270 g/mol. The van der Waals surface area contributed by atoms with E-state index in [2.05, 4.69) is 27.3 Å². The molecule has 0 bridgehead atoms. The number of fused-ring (bicyclic) bond motifs is 1. The average Bonchev–Trinajstić information content (AvgIpc) is 2.77. The zero-order chi connectivity index (χ0) is 14.1. The molecule has 0 saturated carbocycles. The molecule has 1 aromatic carbocycles. The van der Waals surface area contributed by atoms with E-state index in [0.29, 0.717) is 0 Å². The Bertz CT molecular complexity index is 660. The second kappa shape index (κ2) is 5.00. The van der Waals surface area contributed by atoms with E-state index in [1.807, 2.05) is 36.9 Å². The Labute approximate surface area is 118 Å². The predicted molar refractivity (Wildman–Crippen MR) is 78.4 cm³/mol. The summed E-state index contributed by atoms with van der Waals surface area (Å²) in [5.74, 6) is 0. The minimum Gasteiger partial charge on any atom is -0.411 e. The maximum absolute atomic E-state index is 9.12. The maximum Gasteiger partial charge on any atom is 0.0906 e. The number of anilines is 1. The molecule has 0 unspecified atom stereocenters. The smallest absolute Gasteiger partial charge is 0.0906 e. The summed E-state index contributed by atoms with van der Waals surface area (Å²) in [6.45, 7) is 3.66. The van der Waals surface area contributed by atoms with E-state index >= 15 is 0 Å². The van der Waals surface area contributed by atoms with Gasteiger partial charge in [-0.15, -0.1) is 0 Å². The first-order chi connectivity index (χ1) is 9.69. The third kappa shape index (κ3) is 2.15. The van der Waals surface area contributed by atoms with Crippen LogP contribution in [0.3, 0.4) is 0 Å². The molecule has 5 nitrogen and oxygen atoms in total. The van der Waals surface area contributed by atoms with Gasteiger partial charge in [0.2, 0.25) is 0 Å². The van der Waals surface area contributed by atoms with Gasteiger partial charge in [-0.3, -0.25) is 4.68 Å². The molecule has 2 heterocycles. The normalized spacial score (nSPS) is 16.5. The van der Waals surface area contributed by atoms with E-state index in [0.717, 1.165) is 42.2 Å². The summed E-state index contributed by atoms with van der Waals surface area (Å²) in [4.78, 5) is 2.31. The number of hydrogen-bond acceptors (Lipinski definition) is 4. The SMILES string of the molecule is Cc1cc(CN2CCC(=NO)c3ccccc32)n(C)n1. The van der Waals surface area contributed by atoms with E-state index in [1.54, 1.807) is 0 Å². The van der Waals surface area contributed by atoms with Crippen molar-refractivity contribution in [3.63, 3.8) is 0 Å². The van der Waals surface area contributed by atoms with Gasteiger partial charge in [-0.25, -0.2) is 0 Å². The first kappa shape index (κ1) is 12.7. The van der Waals surface area contributed by atoms with Crippen molar-refractivity contribution in [2.45, 2.75) is 19.9 Å². The quantitative estimate of drug-likeness (QED) is 0.673. The third-order valence-electron chi connectivity index (χ3n) is 3.75. The summed E-state index contributed by atoms with van der Waals surface area (Å²) in [5, 5.41) is 16.9. The van der Waals surface area contributed by atoms with E-state index in [9.17, 15) is 0 Å². The van der Waals surface area contributed by atoms with Gasteiger partial charge in [0.05, 0.1) is 23.6 Å². The zero-order valence-electron chi connectivity index (χ0n) is 11.7. The maximum atomic E-state index is 9.12. The molecule has 104 valence electrons. The molecule has 0 amide bonds. The fourth-order valence-corrected chi connectivity index (χ4v) is 2.77. The molecule has 0 radical (unpaired) electrons. The van der Waals surface area contributed by atoms with Gasteiger partial charge in [-0.1, -0.05) is 23.4 Å². The van der Waals surface area contributed by atoms with Gasteiger partial charge in [0, 0.05) is 31.3 Å². The van der Waals surface area contributed by atoms with Crippen molar-refractivity contribution < 1.29 is 5.21 Å². The summed E-state index contributed by atoms with van der Waals surface area (Å²) >= 11 is 0. The van der Waals surface area contributed by atoms with Gasteiger partial charge in [0.25, 0.3) is 0 Å². The fourth-order valence-electron chi connectivity index (χ4n) is 2.77. The van der Waals surface area contributed by atoms with E-state index < -0.39 is 0 Å². The molecule has 1 N–H and O–H groups in total. The average molecular weight is 270 g/mol. The molecular formula is C15H18N4O. The second-order valence-electron chi connectivity index (χ2n) is 5.14.